The summed E-state index contributed by atoms with van der Waals surface area (Å²) in [6.07, 6.45) is -5.19. The standard InChI is InChI=1S/C38H37FN2O8/c1-45-30-17-13-28(14-18-30)38(27-11-7-4-8-12-27,29-15-19-31(46-2)20-16-29)48-24-32-35(43)34(39)36(49-32)40-22-21-33(42)41(37(40)44)25-47-23-26-9-5-3-6-10-26/h3-22,32,34-36,43H,23-25H2,1-2H3/t32-,34-,35-,36-/m1/s1. The molecule has 254 valence electrons. The van der Waals surface area contributed by atoms with Crippen LogP contribution in [0.5, 0.6) is 11.5 Å². The van der Waals surface area contributed by atoms with Gasteiger partial charge in [-0.1, -0.05) is 84.9 Å². The molecule has 0 bridgehead atoms. The van der Waals surface area contributed by atoms with E-state index in [4.69, 9.17) is 23.7 Å². The zero-order valence-corrected chi connectivity index (χ0v) is 27.1. The Morgan fingerprint density at radius 1 is 0.776 bits per heavy atom. The van der Waals surface area contributed by atoms with E-state index in [2.05, 4.69) is 0 Å². The van der Waals surface area contributed by atoms with Gasteiger partial charge in [0.05, 0.1) is 27.4 Å². The number of rotatable bonds is 13. The Morgan fingerprint density at radius 2 is 1.33 bits per heavy atom. The lowest BCUT2D eigenvalue weighted by atomic mass is 9.80. The predicted octanol–water partition coefficient (Wildman–Crippen LogP) is 4.81. The molecular formula is C38H37FN2O8. The van der Waals surface area contributed by atoms with Crippen molar-refractivity contribution < 1.29 is 33.2 Å². The number of hydrogen-bond acceptors (Lipinski definition) is 8. The fourth-order valence-corrected chi connectivity index (χ4v) is 6.02. The second-order valence-electron chi connectivity index (χ2n) is 11.6. The third-order valence-corrected chi connectivity index (χ3v) is 8.63. The number of ether oxygens (including phenoxy) is 5. The van der Waals surface area contributed by atoms with Crippen molar-refractivity contribution >= 4 is 0 Å². The number of aromatic nitrogens is 2. The molecule has 0 radical (unpaired) electrons. The highest BCUT2D eigenvalue weighted by Gasteiger charge is 2.48. The van der Waals surface area contributed by atoms with Crippen molar-refractivity contribution in [1.82, 2.24) is 9.13 Å². The number of hydrogen-bond donors (Lipinski definition) is 1. The van der Waals surface area contributed by atoms with Gasteiger partial charge in [0.2, 0.25) is 0 Å². The van der Waals surface area contributed by atoms with Crippen molar-refractivity contribution in [2.75, 3.05) is 20.8 Å². The number of aliphatic hydroxyl groups is 1. The van der Waals surface area contributed by atoms with Crippen molar-refractivity contribution in [3.8, 4) is 11.5 Å². The van der Waals surface area contributed by atoms with Gasteiger partial charge in [-0.2, -0.15) is 0 Å². The molecule has 0 aliphatic carbocycles. The highest BCUT2D eigenvalue weighted by molar-refractivity contribution is 5.49. The van der Waals surface area contributed by atoms with Gasteiger partial charge in [0, 0.05) is 12.3 Å². The predicted molar refractivity (Wildman–Crippen MR) is 179 cm³/mol. The molecule has 4 atom stereocenters. The monoisotopic (exact) mass is 668 g/mol. The van der Waals surface area contributed by atoms with Gasteiger partial charge in [0.15, 0.2) is 12.4 Å². The van der Waals surface area contributed by atoms with Crippen molar-refractivity contribution in [1.29, 1.82) is 0 Å². The van der Waals surface area contributed by atoms with Gasteiger partial charge in [0.25, 0.3) is 5.56 Å². The van der Waals surface area contributed by atoms with Crippen LogP contribution in [-0.2, 0) is 33.1 Å². The molecule has 2 heterocycles. The first-order chi connectivity index (χ1) is 23.8. The minimum atomic E-state index is -2.00. The maximum atomic E-state index is 15.8. The van der Waals surface area contributed by atoms with Crippen LogP contribution < -0.4 is 20.7 Å². The molecule has 10 nitrogen and oxygen atoms in total. The molecule has 0 saturated carbocycles. The average Bonchev–Trinajstić information content (AvgIpc) is 3.43. The quantitative estimate of drug-likeness (QED) is 0.178. The van der Waals surface area contributed by atoms with E-state index in [1.54, 1.807) is 14.2 Å². The molecule has 11 heteroatoms. The van der Waals surface area contributed by atoms with Crippen LogP contribution in [-0.4, -0.2) is 53.4 Å². The summed E-state index contributed by atoms with van der Waals surface area (Å²) >= 11 is 0. The third-order valence-electron chi connectivity index (χ3n) is 8.63. The topological polar surface area (TPSA) is 110 Å². The third kappa shape index (κ3) is 6.92. The molecule has 0 unspecified atom stereocenters. The SMILES string of the molecule is COc1ccc(C(OC[C@H]2O[C@@H](n3ccc(=O)n(COCc4ccccc4)c3=O)[C@H](F)[C@@H]2O)(c2ccccc2)c2ccc(OC)cc2)cc1. The molecule has 6 rings (SSSR count). The fraction of sp³-hybridized carbons (Fsp3) is 0.263. The summed E-state index contributed by atoms with van der Waals surface area (Å²) in [6.45, 7) is -0.452. The van der Waals surface area contributed by atoms with Crippen LogP contribution in [0.25, 0.3) is 0 Å². The van der Waals surface area contributed by atoms with Crippen LogP contribution in [0.3, 0.4) is 0 Å². The zero-order valence-electron chi connectivity index (χ0n) is 27.1. The van der Waals surface area contributed by atoms with Gasteiger partial charge in [-0.05, 0) is 46.5 Å². The second kappa shape index (κ2) is 15.0. The lowest BCUT2D eigenvalue weighted by Gasteiger charge is -2.37. The van der Waals surface area contributed by atoms with Crippen molar-refractivity contribution in [2.24, 2.45) is 0 Å². The van der Waals surface area contributed by atoms with Gasteiger partial charge in [-0.3, -0.25) is 9.36 Å². The number of halogens is 1. The Balaban J connectivity index is 1.30. The van der Waals surface area contributed by atoms with Crippen LogP contribution in [0.4, 0.5) is 4.39 Å². The van der Waals surface area contributed by atoms with Gasteiger partial charge < -0.3 is 28.8 Å². The molecule has 1 N–H and O–H groups in total. The van der Waals surface area contributed by atoms with E-state index in [9.17, 15) is 14.7 Å². The van der Waals surface area contributed by atoms with E-state index in [0.29, 0.717) is 11.5 Å². The first-order valence-electron chi connectivity index (χ1n) is 15.8. The van der Waals surface area contributed by atoms with Gasteiger partial charge in [-0.15, -0.1) is 0 Å². The first kappa shape index (κ1) is 33.8. The van der Waals surface area contributed by atoms with Gasteiger partial charge in [-0.25, -0.2) is 13.8 Å². The normalized spacial score (nSPS) is 19.1. The summed E-state index contributed by atoms with van der Waals surface area (Å²) in [5.41, 5.74) is 0.412. The lowest BCUT2D eigenvalue weighted by Crippen LogP contribution is -2.42. The van der Waals surface area contributed by atoms with Crippen LogP contribution in [0, 0.1) is 0 Å². The molecule has 0 spiro atoms. The molecule has 5 aromatic rings. The molecular weight excluding hydrogens is 631 g/mol. The molecule has 4 aromatic carbocycles. The summed E-state index contributed by atoms with van der Waals surface area (Å²) in [4.78, 5) is 26.0. The van der Waals surface area contributed by atoms with Crippen LogP contribution >= 0.6 is 0 Å². The smallest absolute Gasteiger partial charge is 0.335 e. The zero-order chi connectivity index (χ0) is 34.4. The molecule has 1 fully saturated rings. The number of nitrogens with zero attached hydrogens (tertiary/aromatic N) is 2. The summed E-state index contributed by atoms with van der Waals surface area (Å²) in [7, 11) is 3.16. The van der Waals surface area contributed by atoms with Crippen LogP contribution in [0.15, 0.2) is 131 Å². The molecule has 0 amide bonds. The number of alkyl halides is 1. The highest BCUT2D eigenvalue weighted by Crippen LogP contribution is 2.43. The Hall–Kier alpha value is -5.07. The molecule has 1 saturated heterocycles. The molecule has 1 aliphatic rings. The minimum absolute atomic E-state index is 0.164. The average molecular weight is 669 g/mol. The maximum Gasteiger partial charge on any atom is 0.335 e. The van der Waals surface area contributed by atoms with Crippen molar-refractivity contribution in [3.05, 3.63) is 165 Å². The second-order valence-corrected chi connectivity index (χ2v) is 11.6. The molecule has 49 heavy (non-hydrogen) atoms. The Kier molecular flexibility index (Phi) is 10.4. The van der Waals surface area contributed by atoms with Gasteiger partial charge in [0.1, 0.15) is 36.0 Å². The highest BCUT2D eigenvalue weighted by atomic mass is 19.1. The Bertz CT molecular complexity index is 1880. The Labute approximate surface area is 282 Å². The minimum Gasteiger partial charge on any atom is -0.497 e. The van der Waals surface area contributed by atoms with Crippen LogP contribution in [0.1, 0.15) is 28.5 Å². The van der Waals surface area contributed by atoms with Crippen molar-refractivity contribution in [3.63, 3.8) is 0 Å². The summed E-state index contributed by atoms with van der Waals surface area (Å²) in [5, 5.41) is 11.1. The molecule has 1 aromatic heterocycles. The number of methoxy groups -OCH3 is 2. The summed E-state index contributed by atoms with van der Waals surface area (Å²) < 4.78 is 46.9. The maximum absolute atomic E-state index is 15.8. The van der Waals surface area contributed by atoms with E-state index in [1.807, 2.05) is 109 Å². The van der Waals surface area contributed by atoms with E-state index in [1.165, 1.54) is 0 Å². The number of benzene rings is 4. The van der Waals surface area contributed by atoms with Gasteiger partial charge >= 0.3 is 5.69 Å². The van der Waals surface area contributed by atoms with E-state index in [0.717, 1.165) is 43.7 Å². The van der Waals surface area contributed by atoms with Crippen LogP contribution in [0.2, 0.25) is 0 Å². The van der Waals surface area contributed by atoms with Crippen molar-refractivity contribution in [2.45, 2.75) is 43.5 Å². The number of aliphatic hydroxyl groups excluding tert-OH is 1. The summed E-state index contributed by atoms with van der Waals surface area (Å²) in [5.74, 6) is 1.30. The first-order valence-corrected chi connectivity index (χ1v) is 15.8. The van der Waals surface area contributed by atoms with E-state index >= 15 is 4.39 Å². The fourth-order valence-electron chi connectivity index (χ4n) is 6.02. The lowest BCUT2D eigenvalue weighted by molar-refractivity contribution is -0.0955. The van der Waals surface area contributed by atoms with E-state index < -0.39 is 41.5 Å². The Morgan fingerprint density at radius 3 is 1.90 bits per heavy atom. The summed E-state index contributed by atoms with van der Waals surface area (Å²) in [6, 6.07) is 34.7. The van der Waals surface area contributed by atoms with E-state index in [-0.39, 0.29) is 19.9 Å². The largest absolute Gasteiger partial charge is 0.497 e. The molecule has 1 aliphatic heterocycles.